The number of nitrogens with one attached hydrogen (secondary N) is 2. The van der Waals surface area contributed by atoms with Crippen molar-refractivity contribution in [1.82, 2.24) is 9.97 Å². The van der Waals surface area contributed by atoms with E-state index in [0.717, 1.165) is 12.1 Å². The minimum absolute atomic E-state index is 0.299. The molecule has 24 heavy (non-hydrogen) atoms. The number of urea groups is 1. The van der Waals surface area contributed by atoms with Gasteiger partial charge in [-0.2, -0.15) is 0 Å². The number of rotatable bonds is 4. The number of nitrogens with zero attached hydrogens (tertiary/aromatic N) is 3. The highest BCUT2D eigenvalue weighted by molar-refractivity contribution is 5.99. The summed E-state index contributed by atoms with van der Waals surface area (Å²) in [7, 11) is 3.56. The van der Waals surface area contributed by atoms with Gasteiger partial charge in [-0.15, -0.1) is 13.2 Å². The molecule has 0 aliphatic rings. The number of carbonyl (C=O) groups is 1. The van der Waals surface area contributed by atoms with E-state index in [1.165, 1.54) is 24.5 Å². The summed E-state index contributed by atoms with van der Waals surface area (Å²) in [5, 5.41) is 4.97. The molecule has 1 heterocycles. The smallest absolute Gasteiger partial charge is 0.406 e. The minimum Gasteiger partial charge on any atom is -0.406 e. The second-order valence-corrected chi connectivity index (χ2v) is 4.82. The lowest BCUT2D eigenvalue weighted by Gasteiger charge is -2.11. The van der Waals surface area contributed by atoms with E-state index in [9.17, 15) is 18.0 Å². The number of amides is 2. The monoisotopic (exact) mass is 341 g/mol. The summed E-state index contributed by atoms with van der Waals surface area (Å²) in [5.74, 6) is 0.113. The maximum Gasteiger partial charge on any atom is 0.573 e. The Labute approximate surface area is 135 Å². The lowest BCUT2D eigenvalue weighted by Crippen LogP contribution is -2.20. The van der Waals surface area contributed by atoms with Crippen LogP contribution in [0.4, 0.5) is 35.3 Å². The van der Waals surface area contributed by atoms with Crippen LogP contribution in [0, 0.1) is 0 Å². The van der Waals surface area contributed by atoms with E-state index in [0.29, 0.717) is 17.3 Å². The van der Waals surface area contributed by atoms with Gasteiger partial charge < -0.3 is 20.3 Å². The molecule has 2 rings (SSSR count). The first-order valence-electron chi connectivity index (χ1n) is 6.66. The van der Waals surface area contributed by atoms with Crippen LogP contribution in [0.15, 0.2) is 36.7 Å². The number of halogens is 3. The molecule has 128 valence electrons. The molecule has 0 spiro atoms. The Balaban J connectivity index is 1.92. The molecule has 0 unspecified atom stereocenters. The normalized spacial score (nSPS) is 10.9. The molecule has 10 heteroatoms. The summed E-state index contributed by atoms with van der Waals surface area (Å²) in [6.07, 6.45) is -1.89. The zero-order valence-corrected chi connectivity index (χ0v) is 12.8. The molecule has 0 saturated heterocycles. The van der Waals surface area contributed by atoms with Crippen LogP contribution in [0.3, 0.4) is 0 Å². The highest BCUT2D eigenvalue weighted by Crippen LogP contribution is 2.24. The zero-order chi connectivity index (χ0) is 17.7. The molecular formula is C14H14F3N5O2. The van der Waals surface area contributed by atoms with E-state index < -0.39 is 12.4 Å². The maximum atomic E-state index is 12.1. The second-order valence-electron chi connectivity index (χ2n) is 4.82. The molecular weight excluding hydrogens is 327 g/mol. The average Bonchev–Trinajstić information content (AvgIpc) is 2.48. The number of hydrogen-bond acceptors (Lipinski definition) is 5. The fraction of sp³-hybridized carbons (Fsp3) is 0.214. The summed E-state index contributed by atoms with van der Waals surface area (Å²) < 4.78 is 39.9. The predicted molar refractivity (Wildman–Crippen MR) is 82.1 cm³/mol. The van der Waals surface area contributed by atoms with Crippen molar-refractivity contribution in [1.29, 1.82) is 0 Å². The van der Waals surface area contributed by atoms with Crippen molar-refractivity contribution < 1.29 is 22.7 Å². The van der Waals surface area contributed by atoms with Crippen LogP contribution in [0.2, 0.25) is 0 Å². The topological polar surface area (TPSA) is 79.4 Å². The van der Waals surface area contributed by atoms with E-state index in [2.05, 4.69) is 25.3 Å². The fourth-order valence-corrected chi connectivity index (χ4v) is 1.65. The Morgan fingerprint density at radius 3 is 2.08 bits per heavy atom. The number of hydrogen-bond donors (Lipinski definition) is 2. The summed E-state index contributed by atoms with van der Waals surface area (Å²) in [6.45, 7) is 0. The van der Waals surface area contributed by atoms with Crippen LogP contribution in [0.1, 0.15) is 0 Å². The number of carbonyl (C=O) groups excluding carboxylic acids is 1. The zero-order valence-electron chi connectivity index (χ0n) is 12.8. The van der Waals surface area contributed by atoms with Gasteiger partial charge in [0.05, 0.1) is 18.1 Å². The first kappa shape index (κ1) is 17.3. The summed E-state index contributed by atoms with van der Waals surface area (Å²) in [5.41, 5.74) is 0.669. The van der Waals surface area contributed by atoms with Gasteiger partial charge in [-0.05, 0) is 24.3 Å². The van der Waals surface area contributed by atoms with E-state index in [1.54, 1.807) is 19.0 Å². The van der Waals surface area contributed by atoms with Gasteiger partial charge in [0.2, 0.25) is 5.95 Å². The summed E-state index contributed by atoms with van der Waals surface area (Å²) >= 11 is 0. The Hall–Kier alpha value is -3.04. The largest absolute Gasteiger partial charge is 0.573 e. The lowest BCUT2D eigenvalue weighted by molar-refractivity contribution is -0.274. The van der Waals surface area contributed by atoms with Crippen LogP contribution in [-0.4, -0.2) is 36.5 Å². The Morgan fingerprint density at radius 2 is 1.58 bits per heavy atom. The van der Waals surface area contributed by atoms with Gasteiger partial charge in [0.15, 0.2) is 0 Å². The molecule has 0 radical (unpaired) electrons. The molecule has 0 atom stereocenters. The van der Waals surface area contributed by atoms with Gasteiger partial charge in [0.1, 0.15) is 5.75 Å². The Kier molecular flexibility index (Phi) is 5.07. The standard InChI is InChI=1S/C14H14F3N5O2/c1-22(2)12-18-7-10(8-19-12)21-13(23)20-9-3-5-11(6-4-9)24-14(15,16)17/h3-8H,1-2H3,(H2,20,21,23). The quantitative estimate of drug-likeness (QED) is 0.893. The number of anilines is 3. The number of benzene rings is 1. The molecule has 1 aromatic heterocycles. The summed E-state index contributed by atoms with van der Waals surface area (Å²) in [6, 6.07) is 4.18. The predicted octanol–water partition coefficient (Wildman–Crippen LogP) is 3.09. The molecule has 2 amide bonds. The Morgan fingerprint density at radius 1 is 1.04 bits per heavy atom. The minimum atomic E-state index is -4.76. The van der Waals surface area contributed by atoms with Crippen molar-refractivity contribution in [2.75, 3.05) is 29.6 Å². The van der Waals surface area contributed by atoms with Crippen LogP contribution in [0.25, 0.3) is 0 Å². The average molecular weight is 341 g/mol. The van der Waals surface area contributed by atoms with Gasteiger partial charge in [-0.25, -0.2) is 14.8 Å². The van der Waals surface area contributed by atoms with Crippen molar-refractivity contribution in [3.05, 3.63) is 36.7 Å². The fourth-order valence-electron chi connectivity index (χ4n) is 1.65. The molecule has 7 nitrogen and oxygen atoms in total. The van der Waals surface area contributed by atoms with Gasteiger partial charge >= 0.3 is 12.4 Å². The van der Waals surface area contributed by atoms with Crippen LogP contribution < -0.4 is 20.3 Å². The molecule has 0 bridgehead atoms. The van der Waals surface area contributed by atoms with Crippen molar-refractivity contribution >= 4 is 23.4 Å². The lowest BCUT2D eigenvalue weighted by atomic mass is 10.3. The van der Waals surface area contributed by atoms with Crippen molar-refractivity contribution in [2.24, 2.45) is 0 Å². The summed E-state index contributed by atoms with van der Waals surface area (Å²) in [4.78, 5) is 21.6. The number of aromatic nitrogens is 2. The third-order valence-corrected chi connectivity index (χ3v) is 2.64. The van der Waals surface area contributed by atoms with E-state index in [-0.39, 0.29) is 5.75 Å². The third-order valence-electron chi connectivity index (χ3n) is 2.64. The molecule has 0 fully saturated rings. The van der Waals surface area contributed by atoms with Crippen LogP contribution >= 0.6 is 0 Å². The molecule has 2 N–H and O–H groups in total. The van der Waals surface area contributed by atoms with Gasteiger partial charge in [-0.1, -0.05) is 0 Å². The number of ether oxygens (including phenoxy) is 1. The second kappa shape index (κ2) is 7.02. The van der Waals surface area contributed by atoms with Crippen LogP contribution in [-0.2, 0) is 0 Å². The van der Waals surface area contributed by atoms with Gasteiger partial charge in [0, 0.05) is 19.8 Å². The molecule has 0 aliphatic heterocycles. The first-order valence-corrected chi connectivity index (χ1v) is 6.66. The first-order chi connectivity index (χ1) is 11.2. The van der Waals surface area contributed by atoms with E-state index in [1.807, 2.05) is 0 Å². The van der Waals surface area contributed by atoms with Gasteiger partial charge in [0.25, 0.3) is 0 Å². The van der Waals surface area contributed by atoms with Crippen LogP contribution in [0.5, 0.6) is 5.75 Å². The molecule has 2 aromatic rings. The van der Waals surface area contributed by atoms with E-state index in [4.69, 9.17) is 0 Å². The number of alkyl halides is 3. The van der Waals surface area contributed by atoms with E-state index >= 15 is 0 Å². The van der Waals surface area contributed by atoms with Crippen molar-refractivity contribution in [2.45, 2.75) is 6.36 Å². The van der Waals surface area contributed by atoms with Crippen molar-refractivity contribution in [3.63, 3.8) is 0 Å². The van der Waals surface area contributed by atoms with Gasteiger partial charge in [-0.3, -0.25) is 0 Å². The molecule has 1 aromatic carbocycles. The Bertz CT molecular complexity index is 687. The highest BCUT2D eigenvalue weighted by atomic mass is 19.4. The highest BCUT2D eigenvalue weighted by Gasteiger charge is 2.30. The molecule has 0 aliphatic carbocycles. The maximum absolute atomic E-state index is 12.1. The molecule has 0 saturated carbocycles. The SMILES string of the molecule is CN(C)c1ncc(NC(=O)Nc2ccc(OC(F)(F)F)cc2)cn1. The van der Waals surface area contributed by atoms with Crippen molar-refractivity contribution in [3.8, 4) is 5.75 Å². The third kappa shape index (κ3) is 5.30.